The molecule has 5 heteroatoms. The molecule has 106 valence electrons. The molecule has 1 aliphatic rings. The highest BCUT2D eigenvalue weighted by molar-refractivity contribution is 5.80. The van der Waals surface area contributed by atoms with Crippen LogP contribution in [0.1, 0.15) is 38.9 Å². The smallest absolute Gasteiger partial charge is 0.140 e. The van der Waals surface area contributed by atoms with Crippen LogP contribution >= 0.6 is 0 Å². The summed E-state index contributed by atoms with van der Waals surface area (Å²) in [7, 11) is 0. The van der Waals surface area contributed by atoms with Crippen molar-refractivity contribution in [2.24, 2.45) is 11.8 Å². The van der Waals surface area contributed by atoms with Gasteiger partial charge in [-0.3, -0.25) is 4.79 Å². The van der Waals surface area contributed by atoms with Crippen molar-refractivity contribution >= 4 is 5.78 Å². The standard InChI is InChI=1S/C14H24N4O/c1-11(2)9-18-14(16-10-17-18)7-13(19)6-12-4-3-5-15-8-12/h10-12,15H,3-9H2,1-2H3. The molecule has 1 saturated heterocycles. The molecule has 0 saturated carbocycles. The molecule has 5 nitrogen and oxygen atoms in total. The molecular formula is C14H24N4O. The second-order valence-corrected chi connectivity index (χ2v) is 5.88. The van der Waals surface area contributed by atoms with Crippen LogP contribution in [0.3, 0.4) is 0 Å². The average Bonchev–Trinajstić information content (AvgIpc) is 2.77. The summed E-state index contributed by atoms with van der Waals surface area (Å²) in [6.45, 7) is 7.17. The first-order valence-electron chi connectivity index (χ1n) is 7.24. The quantitative estimate of drug-likeness (QED) is 0.844. The van der Waals surface area contributed by atoms with Gasteiger partial charge in [0, 0.05) is 13.0 Å². The van der Waals surface area contributed by atoms with Crippen LogP contribution in [0.5, 0.6) is 0 Å². The molecule has 1 fully saturated rings. The van der Waals surface area contributed by atoms with Gasteiger partial charge in [0.05, 0.1) is 6.42 Å². The maximum absolute atomic E-state index is 12.1. The van der Waals surface area contributed by atoms with Crippen LogP contribution in [-0.4, -0.2) is 33.6 Å². The lowest BCUT2D eigenvalue weighted by Gasteiger charge is -2.21. The number of carbonyl (C=O) groups excluding carboxylic acids is 1. The molecule has 19 heavy (non-hydrogen) atoms. The summed E-state index contributed by atoms with van der Waals surface area (Å²) in [6, 6.07) is 0. The van der Waals surface area contributed by atoms with Gasteiger partial charge in [0.25, 0.3) is 0 Å². The van der Waals surface area contributed by atoms with Crippen LogP contribution in [0.2, 0.25) is 0 Å². The van der Waals surface area contributed by atoms with Gasteiger partial charge in [-0.15, -0.1) is 0 Å². The van der Waals surface area contributed by atoms with Crippen molar-refractivity contribution in [3.63, 3.8) is 0 Å². The third-order valence-electron chi connectivity index (χ3n) is 3.50. The predicted molar refractivity (Wildman–Crippen MR) is 73.8 cm³/mol. The van der Waals surface area contributed by atoms with Crippen molar-refractivity contribution in [3.05, 3.63) is 12.2 Å². The lowest BCUT2D eigenvalue weighted by atomic mass is 9.93. The number of hydrogen-bond donors (Lipinski definition) is 1. The molecule has 2 heterocycles. The number of hydrogen-bond acceptors (Lipinski definition) is 4. The summed E-state index contributed by atoms with van der Waals surface area (Å²) < 4.78 is 1.86. The van der Waals surface area contributed by atoms with E-state index in [0.29, 0.717) is 24.7 Å². The highest BCUT2D eigenvalue weighted by Gasteiger charge is 2.18. The van der Waals surface area contributed by atoms with Crippen LogP contribution in [-0.2, 0) is 17.8 Å². The van der Waals surface area contributed by atoms with E-state index in [9.17, 15) is 4.79 Å². The van der Waals surface area contributed by atoms with Crippen LogP contribution in [0.15, 0.2) is 6.33 Å². The Hall–Kier alpha value is -1.23. The van der Waals surface area contributed by atoms with E-state index in [-0.39, 0.29) is 5.78 Å². The van der Waals surface area contributed by atoms with Gasteiger partial charge in [0.2, 0.25) is 0 Å². The van der Waals surface area contributed by atoms with Crippen molar-refractivity contribution in [1.29, 1.82) is 0 Å². The highest BCUT2D eigenvalue weighted by Crippen LogP contribution is 2.15. The Balaban J connectivity index is 1.86. The van der Waals surface area contributed by atoms with Crippen molar-refractivity contribution in [3.8, 4) is 0 Å². The number of rotatable bonds is 6. The minimum atomic E-state index is 0.284. The molecule has 0 aromatic carbocycles. The topological polar surface area (TPSA) is 59.8 Å². The fourth-order valence-corrected chi connectivity index (χ4v) is 2.59. The van der Waals surface area contributed by atoms with Crippen molar-refractivity contribution in [2.75, 3.05) is 13.1 Å². The summed E-state index contributed by atoms with van der Waals surface area (Å²) in [5.41, 5.74) is 0. The molecule has 0 amide bonds. The zero-order valence-electron chi connectivity index (χ0n) is 11.9. The maximum Gasteiger partial charge on any atom is 0.140 e. The van der Waals surface area contributed by atoms with Crippen LogP contribution in [0.4, 0.5) is 0 Å². The first-order valence-corrected chi connectivity index (χ1v) is 7.24. The van der Waals surface area contributed by atoms with Gasteiger partial charge in [0.15, 0.2) is 0 Å². The first-order chi connectivity index (χ1) is 9.15. The SMILES string of the molecule is CC(C)Cn1ncnc1CC(=O)CC1CCCNC1. The minimum Gasteiger partial charge on any atom is -0.316 e. The second-order valence-electron chi connectivity index (χ2n) is 5.88. The summed E-state index contributed by atoms with van der Waals surface area (Å²) >= 11 is 0. The minimum absolute atomic E-state index is 0.284. The van der Waals surface area contributed by atoms with Gasteiger partial charge in [-0.25, -0.2) is 9.67 Å². The zero-order chi connectivity index (χ0) is 13.7. The highest BCUT2D eigenvalue weighted by atomic mass is 16.1. The van der Waals surface area contributed by atoms with Crippen LogP contribution < -0.4 is 5.32 Å². The normalized spacial score (nSPS) is 19.8. The van der Waals surface area contributed by atoms with Crippen molar-refractivity contribution < 1.29 is 4.79 Å². The predicted octanol–water partition coefficient (Wildman–Crippen LogP) is 1.44. The lowest BCUT2D eigenvalue weighted by Crippen LogP contribution is -2.31. The summed E-state index contributed by atoms with van der Waals surface area (Å²) in [4.78, 5) is 16.3. The van der Waals surface area contributed by atoms with E-state index in [1.165, 1.54) is 6.42 Å². The molecule has 2 rings (SSSR count). The number of piperidine rings is 1. The van der Waals surface area contributed by atoms with Gasteiger partial charge in [-0.2, -0.15) is 5.10 Å². The Labute approximate surface area is 114 Å². The Morgan fingerprint density at radius 1 is 1.58 bits per heavy atom. The van der Waals surface area contributed by atoms with E-state index >= 15 is 0 Å². The van der Waals surface area contributed by atoms with E-state index in [2.05, 4.69) is 29.2 Å². The molecule has 1 N–H and O–H groups in total. The van der Waals surface area contributed by atoms with Crippen LogP contribution in [0, 0.1) is 11.8 Å². The monoisotopic (exact) mass is 264 g/mol. The molecule has 1 unspecified atom stereocenters. The van der Waals surface area contributed by atoms with E-state index < -0.39 is 0 Å². The van der Waals surface area contributed by atoms with E-state index in [1.807, 2.05) is 4.68 Å². The van der Waals surface area contributed by atoms with Gasteiger partial charge >= 0.3 is 0 Å². The van der Waals surface area contributed by atoms with E-state index in [1.54, 1.807) is 6.33 Å². The Morgan fingerprint density at radius 2 is 2.42 bits per heavy atom. The first kappa shape index (κ1) is 14.2. The number of ketones is 1. The summed E-state index contributed by atoms with van der Waals surface area (Å²) in [5, 5.41) is 7.55. The lowest BCUT2D eigenvalue weighted by molar-refractivity contribution is -0.119. The molecule has 0 aliphatic carbocycles. The Kier molecular flexibility index (Phi) is 5.07. The number of nitrogens with zero attached hydrogens (tertiary/aromatic N) is 3. The molecule has 0 radical (unpaired) electrons. The number of aromatic nitrogens is 3. The molecular weight excluding hydrogens is 240 g/mol. The van der Waals surface area contributed by atoms with Gasteiger partial charge in [-0.1, -0.05) is 13.8 Å². The molecule has 1 aromatic rings. The van der Waals surface area contributed by atoms with Gasteiger partial charge < -0.3 is 5.32 Å². The number of nitrogens with one attached hydrogen (secondary N) is 1. The van der Waals surface area contributed by atoms with Crippen molar-refractivity contribution in [1.82, 2.24) is 20.1 Å². The molecule has 1 aromatic heterocycles. The molecule has 1 atom stereocenters. The average molecular weight is 264 g/mol. The third kappa shape index (κ3) is 4.42. The zero-order valence-corrected chi connectivity index (χ0v) is 11.9. The second kappa shape index (κ2) is 6.80. The van der Waals surface area contributed by atoms with E-state index in [0.717, 1.165) is 31.9 Å². The van der Waals surface area contributed by atoms with Crippen molar-refractivity contribution in [2.45, 2.75) is 46.1 Å². The molecule has 1 aliphatic heterocycles. The summed E-state index contributed by atoms with van der Waals surface area (Å²) in [5.74, 6) is 2.11. The Bertz CT molecular complexity index is 407. The largest absolute Gasteiger partial charge is 0.316 e. The van der Waals surface area contributed by atoms with Gasteiger partial charge in [-0.05, 0) is 37.8 Å². The molecule has 0 bridgehead atoms. The maximum atomic E-state index is 12.1. The van der Waals surface area contributed by atoms with Gasteiger partial charge in [0.1, 0.15) is 17.9 Å². The third-order valence-corrected chi connectivity index (χ3v) is 3.50. The fraction of sp³-hybridized carbons (Fsp3) is 0.786. The Morgan fingerprint density at radius 3 is 3.11 bits per heavy atom. The molecule has 0 spiro atoms. The van der Waals surface area contributed by atoms with Crippen LogP contribution in [0.25, 0.3) is 0 Å². The summed E-state index contributed by atoms with van der Waals surface area (Å²) in [6.07, 6.45) is 4.98. The fourth-order valence-electron chi connectivity index (χ4n) is 2.59. The number of Topliss-reactive ketones (excluding diaryl/α,β-unsaturated/α-hetero) is 1. The number of carbonyl (C=O) groups is 1. The van der Waals surface area contributed by atoms with E-state index in [4.69, 9.17) is 0 Å².